The Hall–Kier alpha value is -2.76. The van der Waals surface area contributed by atoms with Crippen LogP contribution in [0.1, 0.15) is 47.3 Å². The molecule has 210 valence electrons. The van der Waals surface area contributed by atoms with E-state index in [1.165, 1.54) is 19.2 Å². The zero-order valence-corrected chi connectivity index (χ0v) is 23.1. The van der Waals surface area contributed by atoms with Gasteiger partial charge in [0.1, 0.15) is 24.1 Å². The topological polar surface area (TPSA) is 158 Å². The molecular weight excluding hydrogens is 517 g/mol. The zero-order chi connectivity index (χ0) is 28.1. The Balaban J connectivity index is 1.71. The smallest absolute Gasteiger partial charge is 0.459 e. The third-order valence-corrected chi connectivity index (χ3v) is 7.63. The molecular formula is C25H36N3O9P. The van der Waals surface area contributed by atoms with Gasteiger partial charge in [-0.05, 0) is 30.9 Å². The molecule has 1 saturated heterocycles. The van der Waals surface area contributed by atoms with E-state index >= 15 is 0 Å². The second-order valence-electron chi connectivity index (χ2n) is 10.5. The first-order valence-corrected chi connectivity index (χ1v) is 13.9. The van der Waals surface area contributed by atoms with Crippen LogP contribution in [-0.4, -0.2) is 52.1 Å². The van der Waals surface area contributed by atoms with Crippen LogP contribution in [0.3, 0.4) is 0 Å². The van der Waals surface area contributed by atoms with Crippen LogP contribution < -0.4 is 20.9 Å². The van der Waals surface area contributed by atoms with Gasteiger partial charge in [-0.1, -0.05) is 45.9 Å². The van der Waals surface area contributed by atoms with E-state index in [1.807, 2.05) is 20.8 Å². The van der Waals surface area contributed by atoms with Gasteiger partial charge in [0.25, 0.3) is 5.56 Å². The first-order chi connectivity index (χ1) is 17.8. The van der Waals surface area contributed by atoms with Crippen molar-refractivity contribution in [2.24, 2.45) is 11.3 Å². The molecule has 1 fully saturated rings. The molecule has 1 aromatic carbocycles. The second kappa shape index (κ2) is 12.4. The summed E-state index contributed by atoms with van der Waals surface area (Å²) in [5, 5.41) is 13.3. The lowest BCUT2D eigenvalue weighted by molar-refractivity contribution is -0.146. The van der Waals surface area contributed by atoms with Crippen molar-refractivity contribution in [2.45, 2.75) is 65.5 Å². The number of hydrogen-bond acceptors (Lipinski definition) is 9. The number of benzene rings is 1. The van der Waals surface area contributed by atoms with Crippen LogP contribution in [-0.2, 0) is 23.4 Å². The third-order valence-electron chi connectivity index (χ3n) is 5.99. The first-order valence-electron chi connectivity index (χ1n) is 12.4. The summed E-state index contributed by atoms with van der Waals surface area (Å²) in [4.78, 5) is 38.3. The maximum atomic E-state index is 13.7. The van der Waals surface area contributed by atoms with Gasteiger partial charge in [-0.25, -0.2) is 9.36 Å². The molecule has 2 aromatic rings. The molecule has 3 rings (SSSR count). The molecule has 3 N–H and O–H groups in total. The van der Waals surface area contributed by atoms with Crippen molar-refractivity contribution in [3.05, 3.63) is 63.4 Å². The lowest BCUT2D eigenvalue weighted by Gasteiger charge is -2.25. The van der Waals surface area contributed by atoms with E-state index in [0.717, 1.165) is 4.57 Å². The SMILES string of the molecule is CC(NP(=O)(OCC1OC(n2ccc(=O)[nH]c2=O)C(C)C1O)Oc1ccccc1)C(=O)OCCC(C)(C)C. The van der Waals surface area contributed by atoms with Crippen molar-refractivity contribution in [2.75, 3.05) is 13.2 Å². The predicted molar refractivity (Wildman–Crippen MR) is 139 cm³/mol. The van der Waals surface area contributed by atoms with Gasteiger partial charge in [0, 0.05) is 18.2 Å². The zero-order valence-electron chi connectivity index (χ0n) is 22.2. The number of aliphatic hydroxyl groups excluding tert-OH is 1. The lowest BCUT2D eigenvalue weighted by atomic mass is 9.93. The van der Waals surface area contributed by atoms with E-state index < -0.39 is 55.4 Å². The number of hydrogen-bond donors (Lipinski definition) is 3. The Morgan fingerprint density at radius 3 is 2.55 bits per heavy atom. The minimum atomic E-state index is -4.18. The highest BCUT2D eigenvalue weighted by Gasteiger charge is 2.44. The lowest BCUT2D eigenvalue weighted by Crippen LogP contribution is -2.37. The van der Waals surface area contributed by atoms with Crippen LogP contribution >= 0.6 is 7.75 Å². The average molecular weight is 554 g/mol. The fourth-order valence-corrected chi connectivity index (χ4v) is 5.23. The molecule has 38 heavy (non-hydrogen) atoms. The van der Waals surface area contributed by atoms with Gasteiger partial charge in [0.2, 0.25) is 0 Å². The summed E-state index contributed by atoms with van der Waals surface area (Å²) in [6.07, 6.45) is -1.06. The van der Waals surface area contributed by atoms with Crippen molar-refractivity contribution in [1.82, 2.24) is 14.6 Å². The monoisotopic (exact) mass is 553 g/mol. The van der Waals surface area contributed by atoms with Crippen molar-refractivity contribution in [1.29, 1.82) is 0 Å². The summed E-state index contributed by atoms with van der Waals surface area (Å²) in [6.45, 7) is 9.03. The number of ether oxygens (including phenoxy) is 2. The summed E-state index contributed by atoms with van der Waals surface area (Å²) < 4.78 is 37.3. The maximum Gasteiger partial charge on any atom is 0.459 e. The van der Waals surface area contributed by atoms with Crippen LogP contribution in [0.15, 0.2) is 52.2 Å². The number of rotatable bonds is 11. The van der Waals surface area contributed by atoms with E-state index in [4.69, 9.17) is 18.5 Å². The number of aliphatic hydroxyl groups is 1. The number of H-pyrrole nitrogens is 1. The molecule has 6 unspecified atom stereocenters. The van der Waals surface area contributed by atoms with Crippen LogP contribution in [0, 0.1) is 11.3 Å². The Kier molecular flexibility index (Phi) is 9.72. The Morgan fingerprint density at radius 2 is 1.92 bits per heavy atom. The maximum absolute atomic E-state index is 13.7. The summed E-state index contributed by atoms with van der Waals surface area (Å²) >= 11 is 0. The molecule has 0 spiro atoms. The van der Waals surface area contributed by atoms with E-state index in [0.29, 0.717) is 6.42 Å². The molecule has 1 aliphatic rings. The third kappa shape index (κ3) is 8.12. The second-order valence-corrected chi connectivity index (χ2v) is 12.2. The molecule has 0 bridgehead atoms. The van der Waals surface area contributed by atoms with Crippen LogP contribution in [0.2, 0.25) is 0 Å². The van der Waals surface area contributed by atoms with Gasteiger partial charge in [-0.3, -0.25) is 23.7 Å². The van der Waals surface area contributed by atoms with E-state index in [1.54, 1.807) is 37.3 Å². The molecule has 0 amide bonds. The quantitative estimate of drug-likeness (QED) is 0.279. The first kappa shape index (κ1) is 29.8. The standard InChI is InChI=1S/C25H36N3O9P/c1-16-21(30)19(36-22(16)28-13-11-20(29)26-24(28)32)15-35-38(33,37-18-9-7-6-8-10-18)27-17(2)23(31)34-14-12-25(3,4)5/h6-11,13,16-17,19,21-22,30H,12,14-15H2,1-5H3,(H,27,33)(H,26,29,32). The Morgan fingerprint density at radius 1 is 1.24 bits per heavy atom. The largest absolute Gasteiger partial charge is 0.465 e. The number of nitrogens with zero attached hydrogens (tertiary/aromatic N) is 1. The molecule has 1 aromatic heterocycles. The van der Waals surface area contributed by atoms with E-state index in [2.05, 4.69) is 10.1 Å². The van der Waals surface area contributed by atoms with Gasteiger partial charge in [0.05, 0.1) is 19.3 Å². The highest BCUT2D eigenvalue weighted by molar-refractivity contribution is 7.52. The van der Waals surface area contributed by atoms with Gasteiger partial charge < -0.3 is 19.1 Å². The fourth-order valence-electron chi connectivity index (χ4n) is 3.73. The number of nitrogens with one attached hydrogen (secondary N) is 2. The van der Waals surface area contributed by atoms with Gasteiger partial charge >= 0.3 is 19.4 Å². The number of para-hydroxylation sites is 1. The number of aromatic amines is 1. The molecule has 0 aliphatic carbocycles. The van der Waals surface area contributed by atoms with Crippen molar-refractivity contribution >= 4 is 13.7 Å². The van der Waals surface area contributed by atoms with Crippen LogP contribution in [0.25, 0.3) is 0 Å². The highest BCUT2D eigenvalue weighted by atomic mass is 31.2. The molecule has 0 saturated carbocycles. The van der Waals surface area contributed by atoms with Gasteiger partial charge in [0.15, 0.2) is 0 Å². The molecule has 12 nitrogen and oxygen atoms in total. The summed E-state index contributed by atoms with van der Waals surface area (Å²) in [7, 11) is -4.18. The number of aromatic nitrogens is 2. The fraction of sp³-hybridized carbons (Fsp3) is 0.560. The highest BCUT2D eigenvalue weighted by Crippen LogP contribution is 2.46. The predicted octanol–water partition coefficient (Wildman–Crippen LogP) is 2.59. The number of esters is 1. The molecule has 1 aliphatic heterocycles. The molecule has 0 radical (unpaired) electrons. The van der Waals surface area contributed by atoms with E-state index in [9.17, 15) is 24.1 Å². The molecule has 2 heterocycles. The Labute approximate surface area is 220 Å². The van der Waals surface area contributed by atoms with Gasteiger partial charge in [-0.2, -0.15) is 5.09 Å². The van der Waals surface area contributed by atoms with Crippen LogP contribution in [0.5, 0.6) is 5.75 Å². The summed E-state index contributed by atoms with van der Waals surface area (Å²) in [6, 6.07) is 8.40. The minimum absolute atomic E-state index is 0.0247. The summed E-state index contributed by atoms with van der Waals surface area (Å²) in [5.41, 5.74) is -1.28. The van der Waals surface area contributed by atoms with E-state index in [-0.39, 0.29) is 24.4 Å². The normalized spacial score (nSPS) is 23.9. The number of carbonyl (C=O) groups is 1. The minimum Gasteiger partial charge on any atom is -0.465 e. The van der Waals surface area contributed by atoms with Crippen LogP contribution in [0.4, 0.5) is 0 Å². The van der Waals surface area contributed by atoms with Crippen molar-refractivity contribution in [3.8, 4) is 5.75 Å². The summed E-state index contributed by atoms with van der Waals surface area (Å²) in [5.74, 6) is -0.958. The Bertz CT molecular complexity index is 1240. The van der Waals surface area contributed by atoms with Crippen molar-refractivity contribution < 1.29 is 33.0 Å². The average Bonchev–Trinajstić information content (AvgIpc) is 3.11. The van der Waals surface area contributed by atoms with Crippen molar-refractivity contribution in [3.63, 3.8) is 0 Å². The molecule has 6 atom stereocenters. The molecule has 13 heteroatoms. The number of carbonyl (C=O) groups excluding carboxylic acids is 1. The van der Waals surface area contributed by atoms with Gasteiger partial charge in [-0.15, -0.1) is 0 Å².